The Morgan fingerprint density at radius 1 is 0.820 bits per heavy atom. The molecule has 0 saturated heterocycles. The van der Waals surface area contributed by atoms with Crippen LogP contribution in [-0.2, 0) is 0 Å². The summed E-state index contributed by atoms with van der Waals surface area (Å²) in [5, 5.41) is 1.20. The Morgan fingerprint density at radius 2 is 1.52 bits per heavy atom. The zero-order valence-electron chi connectivity index (χ0n) is 37.2. The van der Waals surface area contributed by atoms with Crippen molar-refractivity contribution >= 4 is 50.9 Å². The highest BCUT2D eigenvalue weighted by molar-refractivity contribution is 6.10. The third-order valence-electron chi connectivity index (χ3n) is 10.6. The summed E-state index contributed by atoms with van der Waals surface area (Å²) < 4.78 is 11.0. The number of aromatic nitrogens is 3. The van der Waals surface area contributed by atoms with E-state index in [9.17, 15) is 0 Å². The van der Waals surface area contributed by atoms with Gasteiger partial charge in [0.15, 0.2) is 5.58 Å². The molecule has 7 aromatic rings. The molecule has 3 aromatic heterocycles. The van der Waals surface area contributed by atoms with Gasteiger partial charge in [-0.3, -0.25) is 0 Å². The number of nitrogens with two attached hydrogens (primary N) is 1. The Labute approximate surface area is 363 Å². The third-order valence-corrected chi connectivity index (χ3v) is 10.6. The summed E-state index contributed by atoms with van der Waals surface area (Å²) in [7, 11) is 0. The molecule has 1 aliphatic rings. The van der Waals surface area contributed by atoms with Crippen LogP contribution in [0.2, 0.25) is 0 Å². The second-order valence-electron chi connectivity index (χ2n) is 14.7. The van der Waals surface area contributed by atoms with Gasteiger partial charge in [-0.1, -0.05) is 152 Å². The van der Waals surface area contributed by atoms with Crippen molar-refractivity contribution in [2.24, 2.45) is 0 Å². The summed E-state index contributed by atoms with van der Waals surface area (Å²) >= 11 is 0. The second kappa shape index (κ2) is 20.5. The van der Waals surface area contributed by atoms with Gasteiger partial charge in [-0.05, 0) is 86.9 Å². The molecule has 0 radical (unpaired) electrons. The molecule has 0 fully saturated rings. The molecule has 0 spiro atoms. The maximum Gasteiger partial charge on any atom is 0.190 e. The van der Waals surface area contributed by atoms with Gasteiger partial charge in [0, 0.05) is 56.5 Å². The van der Waals surface area contributed by atoms with Crippen LogP contribution in [0.4, 0.5) is 11.5 Å². The number of benzene rings is 4. The number of rotatable bonds is 11. The topological polar surface area (TPSA) is 65.2 Å². The third kappa shape index (κ3) is 8.49. The van der Waals surface area contributed by atoms with Crippen LogP contribution in [0.1, 0.15) is 92.3 Å². The molecule has 4 heterocycles. The zero-order chi connectivity index (χ0) is 43.5. The van der Waals surface area contributed by atoms with Crippen molar-refractivity contribution in [3.63, 3.8) is 0 Å². The van der Waals surface area contributed by atoms with E-state index in [1.54, 1.807) is 6.20 Å². The lowest BCUT2D eigenvalue weighted by Crippen LogP contribution is -2.20. The summed E-state index contributed by atoms with van der Waals surface area (Å²) in [6.45, 7) is 21.0. The summed E-state index contributed by atoms with van der Waals surface area (Å²) in [5.41, 5.74) is 22.2. The predicted molar refractivity (Wildman–Crippen MR) is 265 cm³/mol. The predicted octanol–water partition coefficient (Wildman–Crippen LogP) is 15.9. The number of anilines is 2. The number of hydrogen-bond donors (Lipinski definition) is 1. The van der Waals surface area contributed by atoms with E-state index in [0.717, 1.165) is 97.9 Å². The van der Waals surface area contributed by atoms with Gasteiger partial charge in [-0.25, -0.2) is 4.98 Å². The SMILES string of the molecule is C=C/C=C\C(=C/c1c(-c2cccnc2N)ccc2c1on2/C(=C/C)CCC)N1C(C)=C(/C=C\CC)c2c(c3ccccc3n2-c2ccccc2)-c2ccccc21.CC.CCC. The van der Waals surface area contributed by atoms with Gasteiger partial charge >= 0.3 is 0 Å². The average molecular weight is 808 g/mol. The van der Waals surface area contributed by atoms with Crippen LogP contribution in [-0.4, -0.2) is 14.3 Å². The van der Waals surface area contributed by atoms with E-state index < -0.39 is 0 Å². The molecule has 8 rings (SSSR count). The largest absolute Gasteiger partial charge is 0.383 e. The number of para-hydroxylation sites is 3. The van der Waals surface area contributed by atoms with Crippen LogP contribution in [0.3, 0.4) is 0 Å². The van der Waals surface area contributed by atoms with Crippen molar-refractivity contribution in [1.29, 1.82) is 0 Å². The van der Waals surface area contributed by atoms with Gasteiger partial charge in [-0.15, -0.1) is 0 Å². The number of nitrogens with zero attached hydrogens (tertiary/aromatic N) is 4. The van der Waals surface area contributed by atoms with Crippen LogP contribution in [0.5, 0.6) is 0 Å². The van der Waals surface area contributed by atoms with Gasteiger partial charge in [0.05, 0.1) is 22.6 Å². The van der Waals surface area contributed by atoms with E-state index in [0.29, 0.717) is 5.82 Å². The molecule has 6 nitrogen and oxygen atoms in total. The van der Waals surface area contributed by atoms with Crippen molar-refractivity contribution in [3.8, 4) is 27.9 Å². The number of fused-ring (bicyclic) bond motifs is 6. The number of pyridine rings is 1. The van der Waals surface area contributed by atoms with E-state index in [1.165, 1.54) is 17.4 Å². The van der Waals surface area contributed by atoms with Crippen LogP contribution >= 0.6 is 0 Å². The molecule has 0 atom stereocenters. The minimum Gasteiger partial charge on any atom is -0.383 e. The van der Waals surface area contributed by atoms with E-state index >= 15 is 0 Å². The summed E-state index contributed by atoms with van der Waals surface area (Å²) in [6, 6.07) is 36.4. The molecule has 0 amide bonds. The van der Waals surface area contributed by atoms with Gasteiger partial charge in [0.1, 0.15) is 11.3 Å². The molecule has 0 aliphatic carbocycles. The lowest BCUT2D eigenvalue weighted by Gasteiger charge is -2.29. The summed E-state index contributed by atoms with van der Waals surface area (Å²) in [4.78, 5) is 6.86. The van der Waals surface area contributed by atoms with Crippen LogP contribution < -0.4 is 10.6 Å². The minimum absolute atomic E-state index is 0.463. The molecule has 0 bridgehead atoms. The van der Waals surface area contributed by atoms with E-state index in [1.807, 2.05) is 42.9 Å². The first-order valence-electron chi connectivity index (χ1n) is 21.9. The Kier molecular flexibility index (Phi) is 14.7. The Balaban J connectivity index is 0.00000119. The highest BCUT2D eigenvalue weighted by Gasteiger charge is 2.31. The average Bonchev–Trinajstić information content (AvgIpc) is 3.57. The van der Waals surface area contributed by atoms with Crippen molar-refractivity contribution in [3.05, 3.63) is 175 Å². The highest BCUT2D eigenvalue weighted by Crippen LogP contribution is 2.50. The zero-order valence-corrected chi connectivity index (χ0v) is 37.2. The maximum absolute atomic E-state index is 6.63. The fourth-order valence-corrected chi connectivity index (χ4v) is 8.04. The molecule has 0 saturated carbocycles. The minimum atomic E-state index is 0.463. The molecule has 4 aromatic carbocycles. The lowest BCUT2D eigenvalue weighted by molar-refractivity contribution is 0.349. The number of nitrogen functional groups attached to an aromatic ring is 1. The van der Waals surface area contributed by atoms with Crippen LogP contribution in [0.25, 0.3) is 67.3 Å². The summed E-state index contributed by atoms with van der Waals surface area (Å²) in [5.74, 6) is 0.463. The second-order valence-corrected chi connectivity index (χ2v) is 14.7. The van der Waals surface area contributed by atoms with Crippen LogP contribution in [0.15, 0.2) is 168 Å². The molecule has 312 valence electrons. The molecule has 6 heteroatoms. The van der Waals surface area contributed by atoms with E-state index in [2.05, 4.69) is 184 Å². The fraction of sp³-hybridized carbons (Fsp3) is 0.218. The number of hydrogen-bond acceptors (Lipinski definition) is 4. The molecule has 2 N–H and O–H groups in total. The van der Waals surface area contributed by atoms with Crippen molar-refractivity contribution in [1.82, 2.24) is 14.3 Å². The molecule has 0 unspecified atom stereocenters. The first-order chi connectivity index (χ1) is 29.9. The van der Waals surface area contributed by atoms with E-state index in [4.69, 9.17) is 10.3 Å². The van der Waals surface area contributed by atoms with Gasteiger partial charge in [-0.2, -0.15) is 4.74 Å². The Morgan fingerprint density at radius 3 is 2.23 bits per heavy atom. The van der Waals surface area contributed by atoms with E-state index in [-0.39, 0.29) is 0 Å². The molecule has 1 aliphatic heterocycles. The monoisotopic (exact) mass is 807 g/mol. The normalized spacial score (nSPS) is 13.0. The highest BCUT2D eigenvalue weighted by atomic mass is 16.5. The summed E-state index contributed by atoms with van der Waals surface area (Å²) in [6.07, 6.45) is 20.7. The maximum atomic E-state index is 6.63. The first kappa shape index (κ1) is 43.8. The first-order valence-corrected chi connectivity index (χ1v) is 21.9. The number of allylic oxidation sites excluding steroid dienone is 9. The molecular weight excluding hydrogens is 747 g/mol. The standard InChI is InChI=1S/C50H47N5O.C3H8.C2H6/c1-6-10-21-37(33-43-39(40-27-19-32-52-50(40)51)30-31-46-49(43)56-55(46)35(9-4)20-8-3)53-34(5)38(24-11-7-2)48-47(41-25-15-17-28-44(41)53)42-26-16-18-29-45(42)54(48)36-22-13-12-14-23-36;1-3-2;1-2/h6,9-19,21-33H,1,7-8,20H2,2-5H3,(H2,51,52);3H2,1-2H3;1-2H3/b21-10-,24-11-,35-9+,37-33+;;. The lowest BCUT2D eigenvalue weighted by atomic mass is 9.96. The fourth-order valence-electron chi connectivity index (χ4n) is 8.04. The Hall–Kier alpha value is -6.79. The van der Waals surface area contributed by atoms with Crippen LogP contribution in [0, 0.1) is 0 Å². The van der Waals surface area contributed by atoms with Gasteiger partial charge < -0.3 is 19.7 Å². The van der Waals surface area contributed by atoms with Crippen molar-refractivity contribution < 1.29 is 4.52 Å². The molecular formula is C55H61N5O. The quantitative estimate of drug-likeness (QED) is 0.132. The van der Waals surface area contributed by atoms with Crippen molar-refractivity contribution in [2.75, 3.05) is 10.6 Å². The smallest absolute Gasteiger partial charge is 0.190 e. The molecule has 61 heavy (non-hydrogen) atoms. The van der Waals surface area contributed by atoms with Crippen molar-refractivity contribution in [2.45, 2.75) is 81.1 Å². The van der Waals surface area contributed by atoms with Gasteiger partial charge in [0.25, 0.3) is 0 Å². The Bertz CT molecular complexity index is 2760. The van der Waals surface area contributed by atoms with Gasteiger partial charge in [0.2, 0.25) is 0 Å².